The predicted molar refractivity (Wildman–Crippen MR) is 76.9 cm³/mol. The van der Waals surface area contributed by atoms with Gasteiger partial charge in [0, 0.05) is 17.6 Å². The van der Waals surface area contributed by atoms with E-state index in [2.05, 4.69) is 10.3 Å². The van der Waals surface area contributed by atoms with Crippen LogP contribution in [0, 0.1) is 6.92 Å². The van der Waals surface area contributed by atoms with E-state index in [4.69, 9.17) is 9.47 Å². The van der Waals surface area contributed by atoms with E-state index in [1.54, 1.807) is 18.4 Å². The topological polar surface area (TPSA) is 43.4 Å². The molecule has 0 radical (unpaired) electrons. The number of ether oxygens (including phenoxy) is 2. The number of aromatic nitrogens is 1. The van der Waals surface area contributed by atoms with Crippen LogP contribution in [-0.2, 0) is 13.2 Å². The van der Waals surface area contributed by atoms with Gasteiger partial charge in [-0.3, -0.25) is 0 Å². The van der Waals surface area contributed by atoms with E-state index in [0.29, 0.717) is 6.61 Å². The van der Waals surface area contributed by atoms with Crippen LogP contribution in [-0.4, -0.2) is 19.1 Å². The summed E-state index contributed by atoms with van der Waals surface area (Å²) in [6.45, 7) is 3.26. The van der Waals surface area contributed by atoms with Gasteiger partial charge < -0.3 is 14.8 Å². The first-order chi connectivity index (χ1) is 9.22. The maximum atomic E-state index is 5.76. The van der Waals surface area contributed by atoms with E-state index in [1.807, 2.05) is 37.6 Å². The van der Waals surface area contributed by atoms with Gasteiger partial charge in [0.05, 0.1) is 7.11 Å². The number of nitrogens with one attached hydrogen (secondary N) is 1. The van der Waals surface area contributed by atoms with Crippen LogP contribution in [0.1, 0.15) is 16.3 Å². The van der Waals surface area contributed by atoms with Gasteiger partial charge in [-0.05, 0) is 31.7 Å². The molecule has 2 rings (SSSR count). The van der Waals surface area contributed by atoms with Crippen molar-refractivity contribution >= 4 is 11.3 Å². The minimum atomic E-state index is 0.472. The molecule has 0 amide bonds. The maximum absolute atomic E-state index is 5.76. The van der Waals surface area contributed by atoms with Crippen LogP contribution in [0.4, 0.5) is 0 Å². The highest BCUT2D eigenvalue weighted by molar-refractivity contribution is 7.09. The van der Waals surface area contributed by atoms with Crippen LogP contribution in [0.5, 0.6) is 11.5 Å². The molecular weight excluding hydrogens is 260 g/mol. The Bertz CT molecular complexity index is 540. The molecule has 0 aliphatic heterocycles. The van der Waals surface area contributed by atoms with Crippen molar-refractivity contribution in [3.8, 4) is 11.5 Å². The molecule has 0 fully saturated rings. The number of thiazole rings is 1. The average Bonchev–Trinajstić information content (AvgIpc) is 2.83. The van der Waals surface area contributed by atoms with E-state index in [9.17, 15) is 0 Å². The summed E-state index contributed by atoms with van der Waals surface area (Å²) < 4.78 is 11.1. The van der Waals surface area contributed by atoms with Crippen LogP contribution in [0.15, 0.2) is 23.6 Å². The van der Waals surface area contributed by atoms with Gasteiger partial charge in [0.15, 0.2) is 11.5 Å². The fraction of sp³-hybridized carbons (Fsp3) is 0.357. The standard InChI is InChI=1S/C14H18N2O2S/c1-10-9-19-14(16-10)8-18-12-5-4-11(7-15-2)6-13(12)17-3/h4-6,9,15H,7-8H2,1-3H3. The van der Waals surface area contributed by atoms with Gasteiger partial charge in [-0.25, -0.2) is 4.98 Å². The largest absolute Gasteiger partial charge is 0.493 e. The quantitative estimate of drug-likeness (QED) is 0.882. The molecular formula is C14H18N2O2S. The molecule has 5 heteroatoms. The Kier molecular flexibility index (Phi) is 4.76. The van der Waals surface area contributed by atoms with E-state index in [0.717, 1.165) is 34.3 Å². The van der Waals surface area contributed by atoms with Crippen molar-refractivity contribution in [1.29, 1.82) is 0 Å². The van der Waals surface area contributed by atoms with E-state index < -0.39 is 0 Å². The molecule has 0 atom stereocenters. The summed E-state index contributed by atoms with van der Waals surface area (Å²) in [6, 6.07) is 5.95. The smallest absolute Gasteiger partial charge is 0.161 e. The molecule has 19 heavy (non-hydrogen) atoms. The molecule has 1 aromatic carbocycles. The minimum Gasteiger partial charge on any atom is -0.493 e. The predicted octanol–water partition coefficient (Wildman–Crippen LogP) is 2.76. The van der Waals surface area contributed by atoms with E-state index in [1.165, 1.54) is 0 Å². The highest BCUT2D eigenvalue weighted by atomic mass is 32.1. The van der Waals surface area contributed by atoms with Gasteiger partial charge in [0.1, 0.15) is 11.6 Å². The summed E-state index contributed by atoms with van der Waals surface area (Å²) >= 11 is 1.61. The van der Waals surface area contributed by atoms with Crippen LogP contribution in [0.25, 0.3) is 0 Å². The monoisotopic (exact) mass is 278 g/mol. The van der Waals surface area contributed by atoms with E-state index in [-0.39, 0.29) is 0 Å². The average molecular weight is 278 g/mol. The molecule has 4 nitrogen and oxygen atoms in total. The molecule has 1 aromatic heterocycles. The lowest BCUT2D eigenvalue weighted by Gasteiger charge is -2.11. The number of nitrogens with zero attached hydrogens (tertiary/aromatic N) is 1. The van der Waals surface area contributed by atoms with Crippen molar-refractivity contribution in [2.24, 2.45) is 0 Å². The fourth-order valence-electron chi connectivity index (χ4n) is 1.75. The number of hydrogen-bond acceptors (Lipinski definition) is 5. The molecule has 0 saturated heterocycles. The second-order valence-electron chi connectivity index (χ2n) is 4.19. The molecule has 0 unspecified atom stereocenters. The highest BCUT2D eigenvalue weighted by Gasteiger charge is 2.07. The first-order valence-electron chi connectivity index (χ1n) is 6.08. The van der Waals surface area contributed by atoms with Crippen molar-refractivity contribution < 1.29 is 9.47 Å². The lowest BCUT2D eigenvalue weighted by Crippen LogP contribution is -2.05. The van der Waals surface area contributed by atoms with Crippen molar-refractivity contribution in [2.45, 2.75) is 20.1 Å². The third kappa shape index (κ3) is 3.68. The molecule has 0 spiro atoms. The number of rotatable bonds is 6. The highest BCUT2D eigenvalue weighted by Crippen LogP contribution is 2.29. The Labute approximate surface area is 117 Å². The molecule has 1 heterocycles. The molecule has 1 N–H and O–H groups in total. The second kappa shape index (κ2) is 6.54. The molecule has 0 saturated carbocycles. The summed E-state index contributed by atoms with van der Waals surface area (Å²) in [5.74, 6) is 1.50. The third-order valence-electron chi connectivity index (χ3n) is 2.63. The molecule has 102 valence electrons. The lowest BCUT2D eigenvalue weighted by atomic mass is 10.2. The Balaban J connectivity index is 2.06. The lowest BCUT2D eigenvalue weighted by molar-refractivity contribution is 0.283. The zero-order chi connectivity index (χ0) is 13.7. The van der Waals surface area contributed by atoms with Crippen molar-refractivity contribution in [1.82, 2.24) is 10.3 Å². The number of benzene rings is 1. The summed E-state index contributed by atoms with van der Waals surface area (Å²) in [7, 11) is 3.57. The number of hydrogen-bond donors (Lipinski definition) is 1. The SMILES string of the molecule is CNCc1ccc(OCc2nc(C)cs2)c(OC)c1. The zero-order valence-corrected chi connectivity index (χ0v) is 12.2. The number of aryl methyl sites for hydroxylation is 1. The summed E-state index contributed by atoms with van der Waals surface area (Å²) in [4.78, 5) is 4.37. The van der Waals surface area contributed by atoms with Crippen LogP contribution in [0.3, 0.4) is 0 Å². The molecule has 2 aromatic rings. The summed E-state index contributed by atoms with van der Waals surface area (Å²) in [5, 5.41) is 6.10. The van der Waals surface area contributed by atoms with Crippen LogP contribution < -0.4 is 14.8 Å². The van der Waals surface area contributed by atoms with E-state index >= 15 is 0 Å². The Morgan fingerprint density at radius 2 is 2.16 bits per heavy atom. The Morgan fingerprint density at radius 1 is 1.32 bits per heavy atom. The maximum Gasteiger partial charge on any atom is 0.161 e. The third-order valence-corrected chi connectivity index (χ3v) is 3.57. The number of methoxy groups -OCH3 is 1. The summed E-state index contributed by atoms with van der Waals surface area (Å²) in [6.07, 6.45) is 0. The molecule has 0 bridgehead atoms. The van der Waals surface area contributed by atoms with Gasteiger partial charge >= 0.3 is 0 Å². The van der Waals surface area contributed by atoms with Gasteiger partial charge in [-0.1, -0.05) is 6.07 Å². The first-order valence-corrected chi connectivity index (χ1v) is 6.96. The van der Waals surface area contributed by atoms with Crippen molar-refractivity contribution in [2.75, 3.05) is 14.2 Å². The summed E-state index contributed by atoms with van der Waals surface area (Å²) in [5.41, 5.74) is 2.19. The van der Waals surface area contributed by atoms with Gasteiger partial charge in [0.25, 0.3) is 0 Å². The second-order valence-corrected chi connectivity index (χ2v) is 5.13. The van der Waals surface area contributed by atoms with Crippen molar-refractivity contribution in [3.05, 3.63) is 39.8 Å². The van der Waals surface area contributed by atoms with Gasteiger partial charge in [-0.15, -0.1) is 11.3 Å². The molecule has 0 aliphatic carbocycles. The Morgan fingerprint density at radius 3 is 2.79 bits per heavy atom. The minimum absolute atomic E-state index is 0.472. The first kappa shape index (κ1) is 13.8. The zero-order valence-electron chi connectivity index (χ0n) is 11.4. The molecule has 0 aliphatic rings. The fourth-order valence-corrected chi connectivity index (χ4v) is 2.44. The van der Waals surface area contributed by atoms with Crippen LogP contribution in [0.2, 0.25) is 0 Å². The normalized spacial score (nSPS) is 10.5. The Hall–Kier alpha value is -1.59. The van der Waals surface area contributed by atoms with Gasteiger partial charge in [-0.2, -0.15) is 0 Å². The van der Waals surface area contributed by atoms with Crippen molar-refractivity contribution in [3.63, 3.8) is 0 Å². The van der Waals surface area contributed by atoms with Crippen LogP contribution >= 0.6 is 11.3 Å². The van der Waals surface area contributed by atoms with Gasteiger partial charge in [0.2, 0.25) is 0 Å².